The molecule has 0 bridgehead atoms. The highest BCUT2D eigenvalue weighted by Gasteiger charge is 2.26. The predicted molar refractivity (Wildman–Crippen MR) is 87.4 cm³/mol. The van der Waals surface area contributed by atoms with Crippen molar-refractivity contribution in [2.75, 3.05) is 5.32 Å². The maximum atomic E-state index is 4.60. The average Bonchev–Trinajstić information content (AvgIpc) is 3.13. The molecule has 0 radical (unpaired) electrons. The van der Waals surface area contributed by atoms with Gasteiger partial charge in [-0.2, -0.15) is 14.7 Å². The lowest BCUT2D eigenvalue weighted by Crippen LogP contribution is -2.19. The molecule has 7 heteroatoms. The maximum Gasteiger partial charge on any atom is 0.200 e. The Labute approximate surface area is 134 Å². The van der Waals surface area contributed by atoms with Gasteiger partial charge in [0.05, 0.1) is 23.1 Å². The minimum absolute atomic E-state index is 0.264. The molecule has 7 nitrogen and oxygen atoms in total. The molecule has 0 fully saturated rings. The van der Waals surface area contributed by atoms with Crippen molar-refractivity contribution in [3.63, 3.8) is 0 Å². The van der Waals surface area contributed by atoms with Crippen LogP contribution >= 0.6 is 0 Å². The zero-order valence-electron chi connectivity index (χ0n) is 13.7. The Morgan fingerprint density at radius 2 is 2.22 bits per heavy atom. The summed E-state index contributed by atoms with van der Waals surface area (Å²) < 4.78 is 3.77. The molecule has 120 valence electrons. The highest BCUT2D eigenvalue weighted by atomic mass is 15.3. The van der Waals surface area contributed by atoms with Gasteiger partial charge in [-0.25, -0.2) is 0 Å². The first-order valence-corrected chi connectivity index (χ1v) is 8.16. The van der Waals surface area contributed by atoms with Crippen molar-refractivity contribution in [2.24, 2.45) is 7.05 Å². The molecule has 3 aromatic heterocycles. The number of rotatable bonds is 3. The fourth-order valence-electron chi connectivity index (χ4n) is 3.58. The minimum Gasteiger partial charge on any atom is -0.375 e. The summed E-state index contributed by atoms with van der Waals surface area (Å²) >= 11 is 0. The van der Waals surface area contributed by atoms with Gasteiger partial charge in [0.25, 0.3) is 0 Å². The third kappa shape index (κ3) is 2.27. The number of fused-ring (bicyclic) bond motifs is 2. The van der Waals surface area contributed by atoms with Crippen molar-refractivity contribution in [3.8, 4) is 0 Å². The lowest BCUT2D eigenvalue weighted by atomic mass is 9.91. The molecule has 3 heterocycles. The molecular weight excluding hydrogens is 290 g/mol. The van der Waals surface area contributed by atoms with E-state index in [9.17, 15) is 0 Å². The first kappa shape index (κ1) is 14.2. The third-order valence-corrected chi connectivity index (χ3v) is 4.66. The third-order valence-electron chi connectivity index (χ3n) is 4.66. The SMILES string of the molecule is CCc1cc(NC2CCCc3c2c(C)nn3C)c2nncn2n1. The average molecular weight is 311 g/mol. The largest absolute Gasteiger partial charge is 0.375 e. The van der Waals surface area contributed by atoms with Gasteiger partial charge in [0.2, 0.25) is 5.65 Å². The van der Waals surface area contributed by atoms with Gasteiger partial charge < -0.3 is 5.32 Å². The van der Waals surface area contributed by atoms with Crippen LogP contribution in [0.25, 0.3) is 5.65 Å². The lowest BCUT2D eigenvalue weighted by Gasteiger charge is -2.25. The molecule has 0 saturated heterocycles. The van der Waals surface area contributed by atoms with Gasteiger partial charge in [-0.3, -0.25) is 4.68 Å². The molecular formula is C16H21N7. The number of hydrogen-bond acceptors (Lipinski definition) is 5. The molecule has 0 saturated carbocycles. The Bertz CT molecular complexity index is 861. The second-order valence-electron chi connectivity index (χ2n) is 6.16. The van der Waals surface area contributed by atoms with Crippen LogP contribution in [0.5, 0.6) is 0 Å². The van der Waals surface area contributed by atoms with E-state index in [4.69, 9.17) is 0 Å². The summed E-state index contributed by atoms with van der Waals surface area (Å²) in [7, 11) is 2.03. The molecule has 1 N–H and O–H groups in total. The fraction of sp³-hybridized carbons (Fsp3) is 0.500. The van der Waals surface area contributed by atoms with E-state index in [0.29, 0.717) is 0 Å². The van der Waals surface area contributed by atoms with Gasteiger partial charge in [0.15, 0.2) is 0 Å². The quantitative estimate of drug-likeness (QED) is 0.803. The lowest BCUT2D eigenvalue weighted by molar-refractivity contribution is 0.571. The monoisotopic (exact) mass is 311 g/mol. The summed E-state index contributed by atoms with van der Waals surface area (Å²) in [6.45, 7) is 4.20. The molecule has 1 aliphatic carbocycles. The number of aryl methyl sites for hydroxylation is 3. The topological polar surface area (TPSA) is 72.9 Å². The summed E-state index contributed by atoms with van der Waals surface area (Å²) in [5.74, 6) is 0. The van der Waals surface area contributed by atoms with Crippen LogP contribution in [0.15, 0.2) is 12.4 Å². The van der Waals surface area contributed by atoms with Crippen LogP contribution in [0, 0.1) is 6.92 Å². The molecule has 1 aliphatic rings. The molecule has 3 aromatic rings. The fourth-order valence-corrected chi connectivity index (χ4v) is 3.58. The predicted octanol–water partition coefficient (Wildman–Crippen LogP) is 2.22. The van der Waals surface area contributed by atoms with Gasteiger partial charge in [-0.05, 0) is 38.7 Å². The Morgan fingerprint density at radius 1 is 1.35 bits per heavy atom. The van der Waals surface area contributed by atoms with Gasteiger partial charge >= 0.3 is 0 Å². The number of aromatic nitrogens is 6. The standard InChI is InChI=1S/C16H21N7/c1-4-11-8-13(16-19-17-9-23(16)21-11)18-12-6-5-7-14-15(12)10(2)20-22(14)3/h8-9,12,18H,4-7H2,1-3H3. The van der Waals surface area contributed by atoms with E-state index in [1.807, 2.05) is 11.7 Å². The number of hydrogen-bond donors (Lipinski definition) is 1. The van der Waals surface area contributed by atoms with Crippen molar-refractivity contribution in [3.05, 3.63) is 35.0 Å². The van der Waals surface area contributed by atoms with Crippen molar-refractivity contribution in [1.82, 2.24) is 29.6 Å². The smallest absolute Gasteiger partial charge is 0.200 e. The summed E-state index contributed by atoms with van der Waals surface area (Å²) in [4.78, 5) is 0. The normalized spacial score (nSPS) is 17.4. The van der Waals surface area contributed by atoms with E-state index in [2.05, 4.69) is 45.6 Å². The molecule has 4 rings (SSSR count). The summed E-state index contributed by atoms with van der Waals surface area (Å²) in [5, 5.41) is 21.0. The van der Waals surface area contributed by atoms with Crippen LogP contribution in [-0.4, -0.2) is 29.6 Å². The molecule has 23 heavy (non-hydrogen) atoms. The van der Waals surface area contributed by atoms with E-state index >= 15 is 0 Å². The Hall–Kier alpha value is -2.44. The van der Waals surface area contributed by atoms with E-state index in [1.165, 1.54) is 17.7 Å². The van der Waals surface area contributed by atoms with Crippen LogP contribution in [0.2, 0.25) is 0 Å². The van der Waals surface area contributed by atoms with Crippen LogP contribution in [0.1, 0.15) is 48.5 Å². The molecule has 0 aliphatic heterocycles. The van der Waals surface area contributed by atoms with Crippen molar-refractivity contribution >= 4 is 11.3 Å². The van der Waals surface area contributed by atoms with Crippen molar-refractivity contribution in [2.45, 2.75) is 45.6 Å². The molecule has 1 atom stereocenters. The number of anilines is 1. The van der Waals surface area contributed by atoms with Gasteiger partial charge in [0, 0.05) is 18.3 Å². The van der Waals surface area contributed by atoms with Crippen molar-refractivity contribution in [1.29, 1.82) is 0 Å². The highest BCUT2D eigenvalue weighted by Crippen LogP contribution is 2.35. The highest BCUT2D eigenvalue weighted by molar-refractivity contribution is 5.67. The van der Waals surface area contributed by atoms with E-state index in [0.717, 1.165) is 42.0 Å². The van der Waals surface area contributed by atoms with E-state index in [1.54, 1.807) is 10.8 Å². The van der Waals surface area contributed by atoms with E-state index < -0.39 is 0 Å². The van der Waals surface area contributed by atoms with Gasteiger partial charge in [-0.15, -0.1) is 10.2 Å². The zero-order valence-corrected chi connectivity index (χ0v) is 13.7. The van der Waals surface area contributed by atoms with Crippen LogP contribution < -0.4 is 5.32 Å². The van der Waals surface area contributed by atoms with Crippen LogP contribution in [-0.2, 0) is 19.9 Å². The minimum atomic E-state index is 0.264. The van der Waals surface area contributed by atoms with Gasteiger partial charge in [-0.1, -0.05) is 6.92 Å². The maximum absolute atomic E-state index is 4.60. The Kier molecular flexibility index (Phi) is 3.28. The van der Waals surface area contributed by atoms with E-state index in [-0.39, 0.29) is 6.04 Å². The second kappa shape index (κ2) is 5.33. The summed E-state index contributed by atoms with van der Waals surface area (Å²) in [6, 6.07) is 2.35. The first-order valence-electron chi connectivity index (χ1n) is 8.16. The Balaban J connectivity index is 1.76. The Morgan fingerprint density at radius 3 is 3.04 bits per heavy atom. The summed E-state index contributed by atoms with van der Waals surface area (Å²) in [6.07, 6.45) is 5.90. The van der Waals surface area contributed by atoms with Crippen molar-refractivity contribution < 1.29 is 0 Å². The van der Waals surface area contributed by atoms with Gasteiger partial charge in [0.1, 0.15) is 6.33 Å². The zero-order chi connectivity index (χ0) is 16.0. The summed E-state index contributed by atoms with van der Waals surface area (Å²) in [5.41, 5.74) is 6.59. The molecule has 0 amide bonds. The van der Waals surface area contributed by atoms with Crippen LogP contribution in [0.3, 0.4) is 0 Å². The second-order valence-corrected chi connectivity index (χ2v) is 6.16. The molecule has 1 unspecified atom stereocenters. The molecule has 0 spiro atoms. The van der Waals surface area contributed by atoms with Crippen LogP contribution in [0.4, 0.5) is 5.69 Å². The first-order chi connectivity index (χ1) is 11.2. The number of nitrogens with zero attached hydrogens (tertiary/aromatic N) is 6. The number of nitrogens with one attached hydrogen (secondary N) is 1. The molecule has 0 aromatic carbocycles.